The predicted octanol–water partition coefficient (Wildman–Crippen LogP) is 5.89. The fourth-order valence-corrected chi connectivity index (χ4v) is 4.06. The Labute approximate surface area is 148 Å². The quantitative estimate of drug-likeness (QED) is 0.433. The summed E-state index contributed by atoms with van der Waals surface area (Å²) in [4.78, 5) is 0. The number of fused-ring (bicyclic) bond motifs is 2. The first-order valence-corrected chi connectivity index (χ1v) is 8.97. The summed E-state index contributed by atoms with van der Waals surface area (Å²) in [6.07, 6.45) is 0. The third-order valence-corrected chi connectivity index (χ3v) is 5.42. The number of aryl methyl sites for hydroxylation is 1. The maximum atomic E-state index is 12.1. The summed E-state index contributed by atoms with van der Waals surface area (Å²) in [6, 6.07) is 22.6. The molecule has 0 saturated heterocycles. The van der Waals surface area contributed by atoms with Gasteiger partial charge in [-0.15, -0.1) is 0 Å². The zero-order chi connectivity index (χ0) is 17.4. The second-order valence-corrected chi connectivity index (χ2v) is 6.72. The average Bonchev–Trinajstić information content (AvgIpc) is 2.66. The van der Waals surface area contributed by atoms with E-state index in [0.717, 1.165) is 49.3 Å². The van der Waals surface area contributed by atoms with Crippen molar-refractivity contribution in [2.75, 3.05) is 7.11 Å². The molecule has 0 radical (unpaired) electrons. The Balaban J connectivity index is 2.26. The van der Waals surface area contributed by atoms with Gasteiger partial charge in [-0.1, -0.05) is 60.7 Å². The van der Waals surface area contributed by atoms with Crippen LogP contribution in [0.25, 0.3) is 32.7 Å². The van der Waals surface area contributed by atoms with Gasteiger partial charge in [-0.2, -0.15) is 0 Å². The van der Waals surface area contributed by atoms with Gasteiger partial charge in [-0.3, -0.25) is 4.57 Å². The average molecular weight is 344 g/mol. The monoisotopic (exact) mass is 344 g/mol. The molecule has 3 heteroatoms. The second-order valence-electron chi connectivity index (χ2n) is 6.09. The topological polar surface area (TPSA) is 26.3 Å². The second kappa shape index (κ2) is 6.31. The Bertz CT molecular complexity index is 1120. The van der Waals surface area contributed by atoms with Crippen molar-refractivity contribution >= 4 is 35.3 Å². The molecule has 0 saturated carbocycles. The molecule has 0 heterocycles. The molecule has 0 amide bonds. The van der Waals surface area contributed by atoms with Gasteiger partial charge in [0, 0.05) is 11.1 Å². The Morgan fingerprint density at radius 2 is 1.44 bits per heavy atom. The van der Waals surface area contributed by atoms with Crippen LogP contribution in [0, 0.1) is 6.92 Å². The van der Waals surface area contributed by atoms with Gasteiger partial charge in [0.2, 0.25) is 0 Å². The SMILES string of the molecule is COc1ccc2ccccc2c1-c1c(P=O)c(C)cc2ccccc12. The molecule has 0 atom stereocenters. The molecule has 0 aliphatic carbocycles. The zero-order valence-corrected chi connectivity index (χ0v) is 15.0. The van der Waals surface area contributed by atoms with E-state index >= 15 is 0 Å². The van der Waals surface area contributed by atoms with Crippen LogP contribution in [-0.4, -0.2) is 7.11 Å². The highest BCUT2D eigenvalue weighted by atomic mass is 31.1. The number of ether oxygens (including phenoxy) is 1. The van der Waals surface area contributed by atoms with Crippen molar-refractivity contribution in [3.63, 3.8) is 0 Å². The molecule has 25 heavy (non-hydrogen) atoms. The van der Waals surface area contributed by atoms with Crippen LogP contribution in [0.1, 0.15) is 5.56 Å². The highest BCUT2D eigenvalue weighted by molar-refractivity contribution is 7.34. The lowest BCUT2D eigenvalue weighted by atomic mass is 9.91. The van der Waals surface area contributed by atoms with Crippen molar-refractivity contribution in [1.82, 2.24) is 0 Å². The van der Waals surface area contributed by atoms with Crippen LogP contribution in [0.2, 0.25) is 0 Å². The number of hydrogen-bond donors (Lipinski definition) is 0. The zero-order valence-electron chi connectivity index (χ0n) is 14.1. The summed E-state index contributed by atoms with van der Waals surface area (Å²) < 4.78 is 17.7. The van der Waals surface area contributed by atoms with Crippen LogP contribution in [0.5, 0.6) is 5.75 Å². The summed E-state index contributed by atoms with van der Waals surface area (Å²) in [5.74, 6) is 0.791. The fraction of sp³-hybridized carbons (Fsp3) is 0.0909. The summed E-state index contributed by atoms with van der Waals surface area (Å²) in [6.45, 7) is 2.01. The van der Waals surface area contributed by atoms with E-state index in [2.05, 4.69) is 36.4 Å². The van der Waals surface area contributed by atoms with Crippen molar-refractivity contribution in [2.24, 2.45) is 0 Å². The molecule has 2 nitrogen and oxygen atoms in total. The first-order chi connectivity index (χ1) is 12.2. The molecule has 122 valence electrons. The van der Waals surface area contributed by atoms with E-state index in [4.69, 9.17) is 4.74 Å². The van der Waals surface area contributed by atoms with Gasteiger partial charge in [0.1, 0.15) is 5.75 Å². The maximum absolute atomic E-state index is 12.1. The lowest BCUT2D eigenvalue weighted by molar-refractivity contribution is 0.417. The lowest BCUT2D eigenvalue weighted by Crippen LogP contribution is -2.05. The Kier molecular flexibility index (Phi) is 3.99. The van der Waals surface area contributed by atoms with Crippen molar-refractivity contribution < 1.29 is 9.30 Å². The molecular weight excluding hydrogens is 327 g/mol. The Hall–Kier alpha value is -2.70. The molecule has 0 fully saturated rings. The largest absolute Gasteiger partial charge is 0.496 e. The molecule has 4 aromatic rings. The Morgan fingerprint density at radius 1 is 0.800 bits per heavy atom. The first kappa shape index (κ1) is 15.8. The summed E-state index contributed by atoms with van der Waals surface area (Å²) in [5, 5.41) is 5.27. The molecule has 4 aromatic carbocycles. The van der Waals surface area contributed by atoms with E-state index < -0.39 is 0 Å². The minimum atomic E-state index is 0.0169. The minimum absolute atomic E-state index is 0.0169. The molecule has 0 spiro atoms. The van der Waals surface area contributed by atoms with Crippen molar-refractivity contribution in [2.45, 2.75) is 6.92 Å². The van der Waals surface area contributed by atoms with Gasteiger partial charge in [0.25, 0.3) is 0 Å². The van der Waals surface area contributed by atoms with Gasteiger partial charge >= 0.3 is 0 Å². The van der Waals surface area contributed by atoms with Gasteiger partial charge in [0.15, 0.2) is 8.46 Å². The molecular formula is C22H17O2P. The number of methoxy groups -OCH3 is 1. The van der Waals surface area contributed by atoms with Gasteiger partial charge in [-0.05, 0) is 40.1 Å². The van der Waals surface area contributed by atoms with Crippen LogP contribution in [0.3, 0.4) is 0 Å². The molecule has 0 aliphatic heterocycles. The molecule has 0 bridgehead atoms. The normalized spacial score (nSPS) is 11.3. The van der Waals surface area contributed by atoms with Gasteiger partial charge in [-0.25, -0.2) is 0 Å². The van der Waals surface area contributed by atoms with Crippen LogP contribution in [0.4, 0.5) is 0 Å². The summed E-state index contributed by atoms with van der Waals surface area (Å²) in [5.41, 5.74) is 3.00. The molecule has 0 unspecified atom stereocenters. The van der Waals surface area contributed by atoms with Crippen LogP contribution >= 0.6 is 8.46 Å². The van der Waals surface area contributed by atoms with Crippen LogP contribution in [0.15, 0.2) is 66.7 Å². The highest BCUT2D eigenvalue weighted by Crippen LogP contribution is 2.41. The van der Waals surface area contributed by atoms with E-state index in [0.29, 0.717) is 0 Å². The molecule has 4 rings (SSSR count). The lowest BCUT2D eigenvalue weighted by Gasteiger charge is -2.17. The van der Waals surface area contributed by atoms with Crippen molar-refractivity contribution in [1.29, 1.82) is 0 Å². The van der Waals surface area contributed by atoms with Crippen molar-refractivity contribution in [3.05, 3.63) is 72.3 Å². The molecule has 0 aliphatic rings. The Morgan fingerprint density at radius 3 is 2.12 bits per heavy atom. The standard InChI is InChI=1S/C22H17O2P/c1-14-13-16-8-4-6-10-18(16)21(22(14)25-23)20-17-9-5-3-7-15(17)11-12-19(20)24-2/h3-13H,1-2H3. The molecule has 0 N–H and O–H groups in total. The number of rotatable bonds is 3. The van der Waals surface area contributed by atoms with E-state index in [1.165, 1.54) is 0 Å². The molecule has 0 aromatic heterocycles. The number of hydrogen-bond acceptors (Lipinski definition) is 2. The highest BCUT2D eigenvalue weighted by Gasteiger charge is 2.19. The summed E-state index contributed by atoms with van der Waals surface area (Å²) >= 11 is 0. The third kappa shape index (κ3) is 2.50. The first-order valence-electron chi connectivity index (χ1n) is 8.16. The third-order valence-electron chi connectivity index (χ3n) is 4.66. The minimum Gasteiger partial charge on any atom is -0.496 e. The smallest absolute Gasteiger partial charge is 0.193 e. The maximum Gasteiger partial charge on any atom is 0.193 e. The van der Waals surface area contributed by atoms with Crippen molar-refractivity contribution in [3.8, 4) is 16.9 Å². The predicted molar refractivity (Wildman–Crippen MR) is 105 cm³/mol. The number of benzene rings is 4. The van der Waals surface area contributed by atoms with Crippen LogP contribution < -0.4 is 10.0 Å². The van der Waals surface area contributed by atoms with Gasteiger partial charge < -0.3 is 4.74 Å². The summed E-state index contributed by atoms with van der Waals surface area (Å²) in [7, 11) is 1.70. The van der Waals surface area contributed by atoms with Gasteiger partial charge in [0.05, 0.1) is 12.4 Å². The van der Waals surface area contributed by atoms with E-state index in [9.17, 15) is 4.57 Å². The van der Waals surface area contributed by atoms with Crippen LogP contribution in [-0.2, 0) is 4.57 Å². The fourth-order valence-electron chi connectivity index (χ4n) is 3.53. The van der Waals surface area contributed by atoms with E-state index in [1.807, 2.05) is 37.3 Å². The van der Waals surface area contributed by atoms with E-state index in [-0.39, 0.29) is 8.46 Å². The van der Waals surface area contributed by atoms with E-state index in [1.54, 1.807) is 7.11 Å².